The van der Waals surface area contributed by atoms with Gasteiger partial charge in [0.2, 0.25) is 0 Å². The van der Waals surface area contributed by atoms with Crippen molar-refractivity contribution in [3.8, 4) is 0 Å². The molecule has 0 aliphatic carbocycles. The largest absolute Gasteiger partial charge is 0.357 e. The van der Waals surface area contributed by atoms with Crippen LogP contribution in [0.5, 0.6) is 0 Å². The van der Waals surface area contributed by atoms with Crippen LogP contribution >= 0.6 is 35.3 Å². The van der Waals surface area contributed by atoms with E-state index in [0.29, 0.717) is 12.1 Å². The molecule has 1 aromatic rings. The van der Waals surface area contributed by atoms with Crippen molar-refractivity contribution in [2.75, 3.05) is 66.5 Å². The zero-order valence-corrected chi connectivity index (χ0v) is 20.7. The third kappa shape index (κ3) is 6.83. The molecule has 160 valence electrons. The molecule has 2 fully saturated rings. The lowest BCUT2D eigenvalue weighted by molar-refractivity contribution is 0.116. The molecule has 0 bridgehead atoms. The Kier molecular flexibility index (Phi) is 10.5. The van der Waals surface area contributed by atoms with Gasteiger partial charge in [-0.3, -0.25) is 14.8 Å². The molecule has 2 saturated heterocycles. The first-order chi connectivity index (χ1) is 13.2. The highest BCUT2D eigenvalue weighted by Crippen LogP contribution is 2.28. The second-order valence-electron chi connectivity index (χ2n) is 7.77. The van der Waals surface area contributed by atoms with Gasteiger partial charge >= 0.3 is 0 Å². The molecule has 0 aromatic carbocycles. The summed E-state index contributed by atoms with van der Waals surface area (Å²) in [4.78, 5) is 13.9. The van der Waals surface area contributed by atoms with E-state index in [0.717, 1.165) is 45.2 Å². The Morgan fingerprint density at radius 2 is 2.00 bits per heavy atom. The first-order valence-corrected chi connectivity index (χ1v) is 11.2. The van der Waals surface area contributed by atoms with Gasteiger partial charge in [0.15, 0.2) is 5.96 Å². The summed E-state index contributed by atoms with van der Waals surface area (Å²) >= 11 is 1.86. The SMILES string of the molecule is CCNC(=NCC(c1cccs1)N1CCCC1)NCC1CN(C)CCN1C.I. The fourth-order valence-corrected chi connectivity index (χ4v) is 4.83. The minimum absolute atomic E-state index is 0. The van der Waals surface area contributed by atoms with E-state index < -0.39 is 0 Å². The van der Waals surface area contributed by atoms with Gasteiger partial charge in [-0.2, -0.15) is 0 Å². The molecule has 28 heavy (non-hydrogen) atoms. The van der Waals surface area contributed by atoms with E-state index in [2.05, 4.69) is 63.9 Å². The van der Waals surface area contributed by atoms with Crippen LogP contribution in [0.3, 0.4) is 0 Å². The van der Waals surface area contributed by atoms with E-state index in [1.54, 1.807) is 0 Å². The zero-order chi connectivity index (χ0) is 19.1. The average molecular weight is 521 g/mol. The maximum atomic E-state index is 4.97. The van der Waals surface area contributed by atoms with E-state index in [-0.39, 0.29) is 24.0 Å². The normalized spacial score (nSPS) is 23.4. The third-order valence-electron chi connectivity index (χ3n) is 5.70. The van der Waals surface area contributed by atoms with Crippen molar-refractivity contribution < 1.29 is 0 Å². The number of nitrogens with one attached hydrogen (secondary N) is 2. The molecule has 1 aromatic heterocycles. The van der Waals surface area contributed by atoms with Gasteiger partial charge in [-0.25, -0.2) is 0 Å². The van der Waals surface area contributed by atoms with Crippen LogP contribution < -0.4 is 10.6 Å². The molecule has 2 aliphatic rings. The molecular formula is C20H37IN6S. The minimum atomic E-state index is 0. The monoisotopic (exact) mass is 520 g/mol. The molecule has 8 heteroatoms. The van der Waals surface area contributed by atoms with Gasteiger partial charge < -0.3 is 15.5 Å². The number of guanidine groups is 1. The van der Waals surface area contributed by atoms with Gasteiger partial charge in [0.05, 0.1) is 12.6 Å². The molecule has 2 N–H and O–H groups in total. The van der Waals surface area contributed by atoms with Gasteiger partial charge in [0.1, 0.15) is 0 Å². The van der Waals surface area contributed by atoms with E-state index in [9.17, 15) is 0 Å². The second kappa shape index (κ2) is 12.3. The van der Waals surface area contributed by atoms with E-state index in [4.69, 9.17) is 4.99 Å². The Labute approximate surface area is 191 Å². The lowest BCUT2D eigenvalue weighted by atomic mass is 10.2. The number of thiophene rings is 1. The van der Waals surface area contributed by atoms with Crippen LogP contribution in [0.2, 0.25) is 0 Å². The standard InChI is InChI=1S/C20H36N6S.HI/c1-4-21-20(22-14-17-16-24(2)11-12-25(17)3)23-15-18(19-8-7-13-27-19)26-9-5-6-10-26;/h7-8,13,17-18H,4-6,9-12,14-16H2,1-3H3,(H2,21,22,23);1H. The van der Waals surface area contributed by atoms with E-state index >= 15 is 0 Å². The maximum Gasteiger partial charge on any atom is 0.191 e. The van der Waals surface area contributed by atoms with Crippen molar-refractivity contribution in [3.63, 3.8) is 0 Å². The van der Waals surface area contributed by atoms with Gasteiger partial charge in [-0.05, 0) is 58.4 Å². The number of halogens is 1. The summed E-state index contributed by atoms with van der Waals surface area (Å²) in [6.07, 6.45) is 2.62. The highest BCUT2D eigenvalue weighted by Gasteiger charge is 2.25. The van der Waals surface area contributed by atoms with Crippen LogP contribution in [0.25, 0.3) is 0 Å². The van der Waals surface area contributed by atoms with Gasteiger partial charge in [0.25, 0.3) is 0 Å². The zero-order valence-electron chi connectivity index (χ0n) is 17.6. The number of aliphatic imine (C=N–C) groups is 1. The van der Waals surface area contributed by atoms with Crippen molar-refractivity contribution in [3.05, 3.63) is 22.4 Å². The van der Waals surface area contributed by atoms with Crippen molar-refractivity contribution in [1.82, 2.24) is 25.3 Å². The van der Waals surface area contributed by atoms with E-state index in [1.165, 1.54) is 30.8 Å². The molecule has 0 saturated carbocycles. The average Bonchev–Trinajstić information content (AvgIpc) is 3.37. The van der Waals surface area contributed by atoms with Crippen molar-refractivity contribution in [2.24, 2.45) is 4.99 Å². The summed E-state index contributed by atoms with van der Waals surface area (Å²) in [6, 6.07) is 5.35. The summed E-state index contributed by atoms with van der Waals surface area (Å²) in [5.41, 5.74) is 0. The number of nitrogens with zero attached hydrogens (tertiary/aromatic N) is 4. The fourth-order valence-electron chi connectivity index (χ4n) is 3.98. The smallest absolute Gasteiger partial charge is 0.191 e. The highest BCUT2D eigenvalue weighted by atomic mass is 127. The lowest BCUT2D eigenvalue weighted by Gasteiger charge is -2.38. The molecule has 2 aliphatic heterocycles. The van der Waals surface area contributed by atoms with Crippen LogP contribution in [0.1, 0.15) is 30.7 Å². The van der Waals surface area contributed by atoms with Crippen LogP contribution in [-0.2, 0) is 0 Å². The summed E-state index contributed by atoms with van der Waals surface area (Å²) in [5.74, 6) is 0.944. The molecular weight excluding hydrogens is 483 g/mol. The van der Waals surface area contributed by atoms with Crippen molar-refractivity contribution >= 4 is 41.3 Å². The number of hydrogen-bond donors (Lipinski definition) is 2. The first kappa shape index (κ1) is 23.9. The Morgan fingerprint density at radius 3 is 2.68 bits per heavy atom. The Hall–Kier alpha value is -0.420. The summed E-state index contributed by atoms with van der Waals surface area (Å²) in [6.45, 7) is 10.5. The maximum absolute atomic E-state index is 4.97. The predicted octanol–water partition coefficient (Wildman–Crippen LogP) is 2.30. The Balaban J connectivity index is 0.00000280. The van der Waals surface area contributed by atoms with Crippen LogP contribution in [0.4, 0.5) is 0 Å². The quantitative estimate of drug-likeness (QED) is 0.328. The Morgan fingerprint density at radius 1 is 1.21 bits per heavy atom. The molecule has 0 radical (unpaired) electrons. The Bertz CT molecular complexity index is 575. The topological polar surface area (TPSA) is 46.1 Å². The van der Waals surface area contributed by atoms with Crippen LogP contribution in [0.15, 0.2) is 22.5 Å². The highest BCUT2D eigenvalue weighted by molar-refractivity contribution is 14.0. The van der Waals surface area contributed by atoms with E-state index in [1.807, 2.05) is 11.3 Å². The van der Waals surface area contributed by atoms with Crippen LogP contribution in [0, 0.1) is 0 Å². The fraction of sp³-hybridized carbons (Fsp3) is 0.750. The summed E-state index contributed by atoms with van der Waals surface area (Å²) in [7, 11) is 4.44. The molecule has 3 heterocycles. The third-order valence-corrected chi connectivity index (χ3v) is 6.68. The van der Waals surface area contributed by atoms with Gasteiger partial charge in [-0.15, -0.1) is 35.3 Å². The second-order valence-corrected chi connectivity index (χ2v) is 8.75. The number of likely N-dealkylation sites (N-methyl/N-ethyl adjacent to an activating group) is 2. The molecule has 2 unspecified atom stereocenters. The summed E-state index contributed by atoms with van der Waals surface area (Å²) in [5, 5.41) is 9.20. The van der Waals surface area contributed by atoms with Gasteiger partial charge in [0, 0.05) is 43.6 Å². The minimum Gasteiger partial charge on any atom is -0.357 e. The lowest BCUT2D eigenvalue weighted by Crippen LogP contribution is -2.55. The van der Waals surface area contributed by atoms with Crippen molar-refractivity contribution in [1.29, 1.82) is 0 Å². The summed E-state index contributed by atoms with van der Waals surface area (Å²) < 4.78 is 0. The number of likely N-dealkylation sites (tertiary alicyclic amines) is 1. The number of piperazine rings is 1. The number of rotatable bonds is 7. The molecule has 2 atom stereocenters. The molecule has 3 rings (SSSR count). The molecule has 0 spiro atoms. The van der Waals surface area contributed by atoms with Gasteiger partial charge in [-0.1, -0.05) is 6.07 Å². The first-order valence-electron chi connectivity index (χ1n) is 10.4. The predicted molar refractivity (Wildman–Crippen MR) is 131 cm³/mol. The molecule has 0 amide bonds. The molecule has 6 nitrogen and oxygen atoms in total. The van der Waals surface area contributed by atoms with Crippen LogP contribution in [-0.4, -0.2) is 93.2 Å². The number of hydrogen-bond acceptors (Lipinski definition) is 5. The van der Waals surface area contributed by atoms with Crippen molar-refractivity contribution in [2.45, 2.75) is 31.8 Å².